The third-order valence-corrected chi connectivity index (χ3v) is 6.25. The molecule has 0 spiro atoms. The monoisotopic (exact) mass is 524 g/mol. The summed E-state index contributed by atoms with van der Waals surface area (Å²) in [5, 5.41) is 0. The lowest BCUT2D eigenvalue weighted by Gasteiger charge is -2.19. The number of esters is 2. The second-order valence-corrected chi connectivity index (χ2v) is 9.04. The second-order valence-electron chi connectivity index (χ2n) is 9.04. The van der Waals surface area contributed by atoms with E-state index in [2.05, 4.69) is 4.98 Å². The Kier molecular flexibility index (Phi) is 8.52. The van der Waals surface area contributed by atoms with Crippen molar-refractivity contribution in [2.45, 2.75) is 45.1 Å². The molecule has 9 nitrogen and oxygen atoms in total. The molecule has 4 rings (SSSR count). The molecule has 0 saturated carbocycles. The standard InChI is InChI=1S/C28H29FN2O7/c1-17-4-8-19(9-5-17)26(32)36-16-23-22(38-27(33)20-10-6-18(2)7-11-20)14-24(37-23)31-15-21(12-13-29)25(35-3)30-28(31)34/h4-11,15,22-24H,12-14,16H2,1-3H3/t22-,23+,24-/m0/s1. The molecule has 0 bridgehead atoms. The SMILES string of the molecule is COc1nc(=O)n([C@@H]2C[C@H](OC(=O)c3ccc(C)cc3)[C@@H](COC(=O)c3ccc(C)cc3)O2)cc1CCF. The van der Waals surface area contributed by atoms with Crippen molar-refractivity contribution in [3.8, 4) is 5.88 Å². The van der Waals surface area contributed by atoms with Gasteiger partial charge in [0.1, 0.15) is 25.0 Å². The molecule has 0 amide bonds. The van der Waals surface area contributed by atoms with Crippen molar-refractivity contribution in [3.05, 3.63) is 93.0 Å². The first-order chi connectivity index (χ1) is 18.3. The first kappa shape index (κ1) is 27.0. The molecule has 1 fully saturated rings. The molecule has 3 aromatic rings. The maximum atomic E-state index is 13.1. The van der Waals surface area contributed by atoms with E-state index in [1.807, 2.05) is 13.8 Å². The minimum atomic E-state index is -0.891. The number of aryl methyl sites for hydroxylation is 3. The quantitative estimate of drug-likeness (QED) is 0.390. The molecule has 1 aliphatic rings. The highest BCUT2D eigenvalue weighted by atomic mass is 19.1. The third-order valence-electron chi connectivity index (χ3n) is 6.25. The lowest BCUT2D eigenvalue weighted by Crippen LogP contribution is -2.32. The summed E-state index contributed by atoms with van der Waals surface area (Å²) < 4.78 is 36.7. The highest BCUT2D eigenvalue weighted by Gasteiger charge is 2.40. The van der Waals surface area contributed by atoms with Crippen LogP contribution in [-0.4, -0.2) is 54.1 Å². The third kappa shape index (κ3) is 6.25. The molecule has 0 N–H and O–H groups in total. The van der Waals surface area contributed by atoms with Gasteiger partial charge in [-0.3, -0.25) is 8.96 Å². The van der Waals surface area contributed by atoms with Gasteiger partial charge >= 0.3 is 17.6 Å². The van der Waals surface area contributed by atoms with Crippen LogP contribution in [0.3, 0.4) is 0 Å². The van der Waals surface area contributed by atoms with Crippen molar-refractivity contribution >= 4 is 11.9 Å². The smallest absolute Gasteiger partial charge is 0.352 e. The number of carbonyl (C=O) groups is 2. The van der Waals surface area contributed by atoms with Crippen LogP contribution in [-0.2, 0) is 20.6 Å². The molecule has 3 atom stereocenters. The van der Waals surface area contributed by atoms with E-state index >= 15 is 0 Å². The van der Waals surface area contributed by atoms with Gasteiger partial charge in [-0.25, -0.2) is 14.4 Å². The van der Waals surface area contributed by atoms with Crippen molar-refractivity contribution in [2.24, 2.45) is 0 Å². The predicted octanol–water partition coefficient (Wildman–Crippen LogP) is 3.75. The molecule has 1 aromatic heterocycles. The maximum absolute atomic E-state index is 13.1. The highest BCUT2D eigenvalue weighted by molar-refractivity contribution is 5.90. The van der Waals surface area contributed by atoms with Gasteiger partial charge in [-0.2, -0.15) is 4.98 Å². The number of hydrogen-bond acceptors (Lipinski definition) is 8. The highest BCUT2D eigenvalue weighted by Crippen LogP contribution is 2.32. The van der Waals surface area contributed by atoms with E-state index in [9.17, 15) is 18.8 Å². The van der Waals surface area contributed by atoms with Gasteiger partial charge in [-0.05, 0) is 38.1 Å². The number of rotatable bonds is 9. The minimum absolute atomic E-state index is 0.00734. The molecule has 1 saturated heterocycles. The number of hydrogen-bond donors (Lipinski definition) is 0. The van der Waals surface area contributed by atoms with Crippen molar-refractivity contribution in [1.29, 1.82) is 0 Å². The second kappa shape index (κ2) is 12.0. The maximum Gasteiger partial charge on any atom is 0.352 e. The first-order valence-corrected chi connectivity index (χ1v) is 12.2. The van der Waals surface area contributed by atoms with E-state index in [4.69, 9.17) is 18.9 Å². The van der Waals surface area contributed by atoms with Crippen LogP contribution in [0.15, 0.2) is 59.5 Å². The van der Waals surface area contributed by atoms with Gasteiger partial charge in [0.2, 0.25) is 5.88 Å². The Morgan fingerprint density at radius 1 is 1.03 bits per heavy atom. The van der Waals surface area contributed by atoms with E-state index in [-0.39, 0.29) is 25.3 Å². The van der Waals surface area contributed by atoms with E-state index < -0.39 is 42.7 Å². The van der Waals surface area contributed by atoms with Crippen LogP contribution in [0, 0.1) is 13.8 Å². The summed E-state index contributed by atoms with van der Waals surface area (Å²) in [5.41, 5.74) is 2.42. The molecule has 0 unspecified atom stereocenters. The van der Waals surface area contributed by atoms with Crippen LogP contribution >= 0.6 is 0 Å². The number of ether oxygens (including phenoxy) is 4. The van der Waals surface area contributed by atoms with E-state index in [0.29, 0.717) is 16.7 Å². The Morgan fingerprint density at radius 2 is 1.63 bits per heavy atom. The molecule has 2 heterocycles. The Morgan fingerprint density at radius 3 is 2.21 bits per heavy atom. The van der Waals surface area contributed by atoms with E-state index in [0.717, 1.165) is 11.1 Å². The van der Waals surface area contributed by atoms with Gasteiger partial charge < -0.3 is 18.9 Å². The van der Waals surface area contributed by atoms with Crippen molar-refractivity contribution in [3.63, 3.8) is 0 Å². The Balaban J connectivity index is 1.56. The zero-order valence-electron chi connectivity index (χ0n) is 21.4. The Bertz CT molecular complexity index is 1340. The zero-order valence-corrected chi connectivity index (χ0v) is 21.4. The number of alkyl halides is 1. The largest absolute Gasteiger partial charge is 0.481 e. The normalized spacial score (nSPS) is 18.7. The molecular formula is C28H29FN2O7. The van der Waals surface area contributed by atoms with Crippen LogP contribution in [0.25, 0.3) is 0 Å². The predicted molar refractivity (Wildman–Crippen MR) is 135 cm³/mol. The fraction of sp³-hybridized carbons (Fsp3) is 0.357. The average molecular weight is 525 g/mol. The van der Waals surface area contributed by atoms with E-state index in [1.54, 1.807) is 48.5 Å². The number of halogens is 1. The fourth-order valence-electron chi connectivity index (χ4n) is 4.12. The molecule has 10 heteroatoms. The molecule has 0 radical (unpaired) electrons. The molecular weight excluding hydrogens is 495 g/mol. The van der Waals surface area contributed by atoms with Crippen molar-refractivity contribution in [1.82, 2.24) is 9.55 Å². The average Bonchev–Trinajstić information content (AvgIpc) is 3.30. The summed E-state index contributed by atoms with van der Waals surface area (Å²) in [4.78, 5) is 42.0. The van der Waals surface area contributed by atoms with Gasteiger partial charge in [-0.1, -0.05) is 35.4 Å². The molecule has 1 aliphatic heterocycles. The van der Waals surface area contributed by atoms with Gasteiger partial charge in [-0.15, -0.1) is 0 Å². The van der Waals surface area contributed by atoms with Crippen LogP contribution < -0.4 is 10.4 Å². The Labute approximate surface area is 219 Å². The first-order valence-electron chi connectivity index (χ1n) is 12.2. The van der Waals surface area contributed by atoms with Gasteiger partial charge in [0.15, 0.2) is 0 Å². The van der Waals surface area contributed by atoms with Gasteiger partial charge in [0, 0.05) is 24.6 Å². The summed E-state index contributed by atoms with van der Waals surface area (Å²) in [5.74, 6) is -1.10. The van der Waals surface area contributed by atoms with Crippen LogP contribution in [0.1, 0.15) is 50.1 Å². The van der Waals surface area contributed by atoms with Gasteiger partial charge in [0.05, 0.1) is 24.9 Å². The summed E-state index contributed by atoms with van der Waals surface area (Å²) in [6.45, 7) is 2.92. The van der Waals surface area contributed by atoms with Crippen molar-refractivity contribution in [2.75, 3.05) is 20.4 Å². The summed E-state index contributed by atoms with van der Waals surface area (Å²) >= 11 is 0. The lowest BCUT2D eigenvalue weighted by atomic mass is 10.1. The zero-order chi connectivity index (χ0) is 27.2. The van der Waals surface area contributed by atoms with Gasteiger partial charge in [0.25, 0.3) is 0 Å². The van der Waals surface area contributed by atoms with Crippen LogP contribution in [0.2, 0.25) is 0 Å². The molecule has 38 heavy (non-hydrogen) atoms. The van der Waals surface area contributed by atoms with Crippen LogP contribution in [0.5, 0.6) is 5.88 Å². The topological polar surface area (TPSA) is 106 Å². The lowest BCUT2D eigenvalue weighted by molar-refractivity contribution is -0.0583. The summed E-state index contributed by atoms with van der Waals surface area (Å²) in [6.07, 6.45) is -1.07. The number of aromatic nitrogens is 2. The minimum Gasteiger partial charge on any atom is -0.481 e. The summed E-state index contributed by atoms with van der Waals surface area (Å²) in [7, 11) is 1.35. The van der Waals surface area contributed by atoms with Crippen LogP contribution in [0.4, 0.5) is 4.39 Å². The number of methoxy groups -OCH3 is 1. The number of nitrogens with zero attached hydrogens (tertiary/aromatic N) is 2. The summed E-state index contributed by atoms with van der Waals surface area (Å²) in [6, 6.07) is 13.8. The Hall–Kier alpha value is -4.05. The molecule has 200 valence electrons. The number of carbonyl (C=O) groups excluding carboxylic acids is 2. The molecule has 2 aromatic carbocycles. The van der Waals surface area contributed by atoms with E-state index in [1.165, 1.54) is 17.9 Å². The molecule has 0 aliphatic carbocycles. The fourth-order valence-corrected chi connectivity index (χ4v) is 4.12. The number of benzene rings is 2. The van der Waals surface area contributed by atoms with Crippen molar-refractivity contribution < 1.29 is 32.9 Å².